The van der Waals surface area contributed by atoms with E-state index < -0.39 is 0 Å². The average molecular weight is 204 g/mol. The minimum atomic E-state index is 0.151. The first-order chi connectivity index (χ1) is 7.18. The largest absolute Gasteiger partial charge is 0.369 e. The summed E-state index contributed by atoms with van der Waals surface area (Å²) in [6.45, 7) is 5.74. The molecule has 1 aromatic heterocycles. The number of piperidine rings is 1. The number of nitrogens with zero attached hydrogens (tertiary/aromatic N) is 2. The molecule has 3 nitrogen and oxygen atoms in total. The number of carbonyl (C=O) groups excluding carboxylic acids is 1. The van der Waals surface area contributed by atoms with Gasteiger partial charge in [-0.25, -0.2) is 0 Å². The van der Waals surface area contributed by atoms with Crippen molar-refractivity contribution in [3.05, 3.63) is 24.0 Å². The second-order valence-electron chi connectivity index (χ2n) is 4.23. The van der Waals surface area contributed by atoms with Crippen molar-refractivity contribution >= 4 is 11.5 Å². The number of anilines is 1. The van der Waals surface area contributed by atoms with Gasteiger partial charge in [-0.2, -0.15) is 0 Å². The molecule has 0 spiro atoms. The van der Waals surface area contributed by atoms with E-state index in [9.17, 15) is 4.79 Å². The Morgan fingerprint density at radius 1 is 1.53 bits per heavy atom. The van der Waals surface area contributed by atoms with Crippen molar-refractivity contribution in [1.29, 1.82) is 0 Å². The molecular formula is C12H16N2O. The molecule has 0 bridgehead atoms. The zero-order valence-electron chi connectivity index (χ0n) is 9.23. The van der Waals surface area contributed by atoms with Crippen molar-refractivity contribution in [1.82, 2.24) is 4.98 Å². The molecule has 1 aliphatic rings. The Morgan fingerprint density at radius 3 is 3.00 bits per heavy atom. The predicted octanol–water partition coefficient (Wildman–Crippen LogP) is 1.81. The molecule has 0 N–H and O–H groups in total. The number of aryl methyl sites for hydroxylation is 1. The highest BCUT2D eigenvalue weighted by molar-refractivity contribution is 5.83. The third-order valence-corrected chi connectivity index (χ3v) is 3.02. The molecule has 2 heterocycles. The van der Waals surface area contributed by atoms with Gasteiger partial charge in [-0.1, -0.05) is 6.92 Å². The lowest BCUT2D eigenvalue weighted by atomic mass is 9.98. The molecule has 0 saturated carbocycles. The van der Waals surface area contributed by atoms with E-state index in [1.165, 1.54) is 5.56 Å². The van der Waals surface area contributed by atoms with Gasteiger partial charge in [0.25, 0.3) is 0 Å². The fraction of sp³-hybridized carbons (Fsp3) is 0.500. The monoisotopic (exact) mass is 204 g/mol. The lowest BCUT2D eigenvalue weighted by Gasteiger charge is -2.32. The van der Waals surface area contributed by atoms with Crippen LogP contribution in [0.3, 0.4) is 0 Å². The highest BCUT2D eigenvalue weighted by Gasteiger charge is 2.24. The Bertz CT molecular complexity index is 376. The van der Waals surface area contributed by atoms with Crippen molar-refractivity contribution in [3.63, 3.8) is 0 Å². The minimum Gasteiger partial charge on any atom is -0.369 e. The number of Topliss-reactive ketones (excluding diaryl/α,β-unsaturated/α-hetero) is 1. The van der Waals surface area contributed by atoms with E-state index >= 15 is 0 Å². The minimum absolute atomic E-state index is 0.151. The third-order valence-electron chi connectivity index (χ3n) is 3.02. The SMILES string of the molecule is Cc1ccncc1N1CCC(=O)C(C)C1. The van der Waals surface area contributed by atoms with Crippen molar-refractivity contribution in [2.24, 2.45) is 5.92 Å². The van der Waals surface area contributed by atoms with E-state index in [2.05, 4.69) is 16.8 Å². The van der Waals surface area contributed by atoms with Gasteiger partial charge in [0.1, 0.15) is 5.78 Å². The fourth-order valence-electron chi connectivity index (χ4n) is 2.02. The average Bonchev–Trinajstić information content (AvgIpc) is 2.23. The predicted molar refractivity (Wildman–Crippen MR) is 60.0 cm³/mol. The van der Waals surface area contributed by atoms with Gasteiger partial charge < -0.3 is 4.90 Å². The standard InChI is InChI=1S/C12H16N2O/c1-9-3-5-13-7-11(9)14-6-4-12(15)10(2)8-14/h3,5,7,10H,4,6,8H2,1-2H3. The molecule has 1 atom stereocenters. The normalized spacial score (nSPS) is 21.9. The van der Waals surface area contributed by atoms with Gasteiger partial charge in [0.05, 0.1) is 11.9 Å². The van der Waals surface area contributed by atoms with Crippen LogP contribution in [0.15, 0.2) is 18.5 Å². The second-order valence-corrected chi connectivity index (χ2v) is 4.23. The molecule has 2 rings (SSSR count). The number of rotatable bonds is 1. The Kier molecular flexibility index (Phi) is 2.71. The van der Waals surface area contributed by atoms with E-state index in [-0.39, 0.29) is 5.92 Å². The number of hydrogen-bond acceptors (Lipinski definition) is 3. The Morgan fingerprint density at radius 2 is 2.33 bits per heavy atom. The first-order valence-corrected chi connectivity index (χ1v) is 5.37. The number of aromatic nitrogens is 1. The van der Waals surface area contributed by atoms with Crippen molar-refractivity contribution < 1.29 is 4.79 Å². The molecule has 1 fully saturated rings. The van der Waals surface area contributed by atoms with Gasteiger partial charge in [0.15, 0.2) is 0 Å². The highest BCUT2D eigenvalue weighted by Crippen LogP contribution is 2.23. The summed E-state index contributed by atoms with van der Waals surface area (Å²) in [5.41, 5.74) is 2.39. The first-order valence-electron chi connectivity index (χ1n) is 5.37. The molecule has 3 heteroatoms. The third kappa shape index (κ3) is 2.01. The highest BCUT2D eigenvalue weighted by atomic mass is 16.1. The van der Waals surface area contributed by atoms with Gasteiger partial charge in [-0.05, 0) is 18.6 Å². The van der Waals surface area contributed by atoms with Crippen LogP contribution in [0, 0.1) is 12.8 Å². The quantitative estimate of drug-likeness (QED) is 0.699. The van der Waals surface area contributed by atoms with Crippen molar-refractivity contribution in [3.8, 4) is 0 Å². The summed E-state index contributed by atoms with van der Waals surface area (Å²) in [4.78, 5) is 17.8. The fourth-order valence-corrected chi connectivity index (χ4v) is 2.02. The smallest absolute Gasteiger partial charge is 0.139 e. The van der Waals surface area contributed by atoms with Crippen LogP contribution in [-0.4, -0.2) is 23.9 Å². The van der Waals surface area contributed by atoms with Crippen LogP contribution in [0.2, 0.25) is 0 Å². The Hall–Kier alpha value is -1.38. The molecule has 80 valence electrons. The zero-order chi connectivity index (χ0) is 10.8. The van der Waals surface area contributed by atoms with Gasteiger partial charge in [0.2, 0.25) is 0 Å². The topological polar surface area (TPSA) is 33.2 Å². The van der Waals surface area contributed by atoms with Crippen molar-refractivity contribution in [2.75, 3.05) is 18.0 Å². The summed E-state index contributed by atoms with van der Waals surface area (Å²) >= 11 is 0. The molecule has 0 aromatic carbocycles. The summed E-state index contributed by atoms with van der Waals surface area (Å²) in [6.07, 6.45) is 4.35. The first kappa shape index (κ1) is 10.1. The Labute approximate surface area is 90.1 Å². The van der Waals surface area contributed by atoms with E-state index in [4.69, 9.17) is 0 Å². The molecule has 15 heavy (non-hydrogen) atoms. The molecule has 0 radical (unpaired) electrons. The second kappa shape index (κ2) is 4.01. The lowest BCUT2D eigenvalue weighted by molar-refractivity contribution is -0.122. The van der Waals surface area contributed by atoms with E-state index in [1.54, 1.807) is 6.20 Å². The maximum Gasteiger partial charge on any atom is 0.139 e. The van der Waals surface area contributed by atoms with Crippen LogP contribution in [-0.2, 0) is 4.79 Å². The van der Waals surface area contributed by atoms with Gasteiger partial charge in [-0.15, -0.1) is 0 Å². The molecule has 0 aliphatic carbocycles. The number of hydrogen-bond donors (Lipinski definition) is 0. The molecular weight excluding hydrogens is 188 g/mol. The summed E-state index contributed by atoms with van der Waals surface area (Å²) in [5.74, 6) is 0.533. The van der Waals surface area contributed by atoms with Crippen molar-refractivity contribution in [2.45, 2.75) is 20.3 Å². The maximum absolute atomic E-state index is 11.4. The van der Waals surface area contributed by atoms with Crippen LogP contribution in [0.4, 0.5) is 5.69 Å². The molecule has 0 amide bonds. The maximum atomic E-state index is 11.4. The van der Waals surface area contributed by atoms with E-state index in [1.807, 2.05) is 19.2 Å². The number of ketones is 1. The van der Waals surface area contributed by atoms with E-state index in [0.717, 1.165) is 18.8 Å². The van der Waals surface area contributed by atoms with Crippen LogP contribution in [0.5, 0.6) is 0 Å². The Balaban J connectivity index is 2.19. The van der Waals surface area contributed by atoms with Gasteiger partial charge in [-0.3, -0.25) is 9.78 Å². The van der Waals surface area contributed by atoms with Gasteiger partial charge in [0, 0.05) is 31.6 Å². The van der Waals surface area contributed by atoms with Crippen LogP contribution in [0.25, 0.3) is 0 Å². The molecule has 1 saturated heterocycles. The lowest BCUT2D eigenvalue weighted by Crippen LogP contribution is -2.39. The van der Waals surface area contributed by atoms with Gasteiger partial charge >= 0.3 is 0 Å². The number of pyridine rings is 1. The summed E-state index contributed by atoms with van der Waals surface area (Å²) in [5, 5.41) is 0. The summed E-state index contributed by atoms with van der Waals surface area (Å²) in [7, 11) is 0. The zero-order valence-corrected chi connectivity index (χ0v) is 9.23. The van der Waals surface area contributed by atoms with E-state index in [0.29, 0.717) is 12.2 Å². The van der Waals surface area contributed by atoms with Crippen LogP contribution >= 0.6 is 0 Å². The summed E-state index contributed by atoms with van der Waals surface area (Å²) in [6, 6.07) is 2.01. The molecule has 1 aromatic rings. The van der Waals surface area contributed by atoms with Crippen LogP contribution < -0.4 is 4.90 Å². The molecule has 1 unspecified atom stereocenters. The summed E-state index contributed by atoms with van der Waals surface area (Å²) < 4.78 is 0. The molecule has 1 aliphatic heterocycles. The number of carbonyl (C=O) groups is 1. The van der Waals surface area contributed by atoms with Crippen LogP contribution in [0.1, 0.15) is 18.9 Å².